The molecule has 0 amide bonds. The van der Waals surface area contributed by atoms with E-state index in [4.69, 9.17) is 0 Å². The molecule has 1 nitrogen and oxygen atoms in total. The normalized spacial score (nSPS) is 14.3. The molecule has 222 valence electrons. The minimum Gasteiger partial charge on any atom is -0.309 e. The van der Waals surface area contributed by atoms with Gasteiger partial charge in [-0.25, -0.2) is 0 Å². The molecule has 8 rings (SSSR count). The molecule has 6 aromatic carbocycles. The molecule has 0 heterocycles. The number of hydrogen-bond donors (Lipinski definition) is 0. The van der Waals surface area contributed by atoms with Crippen molar-refractivity contribution >= 4 is 22.6 Å². The van der Waals surface area contributed by atoms with Crippen LogP contribution in [0.15, 0.2) is 164 Å². The van der Waals surface area contributed by atoms with Crippen LogP contribution in [0.25, 0.3) is 39.0 Å². The van der Waals surface area contributed by atoms with Crippen molar-refractivity contribution in [2.45, 2.75) is 32.1 Å². The Bertz CT molecular complexity index is 2100. The zero-order valence-electron chi connectivity index (χ0n) is 26.4. The van der Waals surface area contributed by atoms with Crippen molar-refractivity contribution in [3.63, 3.8) is 0 Å². The first-order valence-corrected chi connectivity index (χ1v) is 16.3. The summed E-state index contributed by atoms with van der Waals surface area (Å²) in [7, 11) is 0. The first-order chi connectivity index (χ1) is 22.6. The lowest BCUT2D eigenvalue weighted by molar-refractivity contribution is 0.660. The molecule has 46 heavy (non-hydrogen) atoms. The standard InChI is InChI=1S/C45H37N/c1-45(2)40-22-13-12-21-38(40)44-41(45)23-14-24-43(44)46(37-28-25-34(26-29-37)32-15-6-3-7-16-32)42-30-27-36(33-17-8-4-9-18-33)31-39(42)35-19-10-5-11-20-35/h3-6,8-15,17-31H,7,16H2,1-2H3. The first kappa shape index (κ1) is 28.1. The van der Waals surface area contributed by atoms with E-state index in [1.807, 2.05) is 0 Å². The lowest BCUT2D eigenvalue weighted by Gasteiger charge is -2.31. The van der Waals surface area contributed by atoms with Crippen LogP contribution in [0.4, 0.5) is 17.1 Å². The van der Waals surface area contributed by atoms with E-state index in [1.54, 1.807) is 0 Å². The van der Waals surface area contributed by atoms with E-state index in [0.717, 1.165) is 24.2 Å². The number of nitrogens with zero attached hydrogens (tertiary/aromatic N) is 1. The Morgan fingerprint density at radius 2 is 1.20 bits per heavy atom. The summed E-state index contributed by atoms with van der Waals surface area (Å²) in [6.45, 7) is 4.72. The molecule has 0 aromatic heterocycles. The van der Waals surface area contributed by atoms with Crippen LogP contribution in [0.1, 0.15) is 43.4 Å². The molecule has 6 aromatic rings. The van der Waals surface area contributed by atoms with E-state index in [9.17, 15) is 0 Å². The summed E-state index contributed by atoms with van der Waals surface area (Å²) in [6.07, 6.45) is 8.87. The third-order valence-electron chi connectivity index (χ3n) is 9.77. The number of anilines is 3. The van der Waals surface area contributed by atoms with Gasteiger partial charge in [-0.05, 0) is 87.7 Å². The summed E-state index contributed by atoms with van der Waals surface area (Å²) in [5.74, 6) is 0. The average Bonchev–Trinajstić information content (AvgIpc) is 3.36. The Balaban J connectivity index is 1.39. The van der Waals surface area contributed by atoms with Crippen LogP contribution in [0, 0.1) is 0 Å². The van der Waals surface area contributed by atoms with Gasteiger partial charge in [-0.2, -0.15) is 0 Å². The fourth-order valence-corrected chi connectivity index (χ4v) is 7.39. The van der Waals surface area contributed by atoms with Crippen LogP contribution < -0.4 is 4.90 Å². The van der Waals surface area contributed by atoms with E-state index in [-0.39, 0.29) is 5.41 Å². The van der Waals surface area contributed by atoms with Crippen LogP contribution in [0.3, 0.4) is 0 Å². The second-order valence-corrected chi connectivity index (χ2v) is 12.9. The van der Waals surface area contributed by atoms with E-state index in [1.165, 1.54) is 61.3 Å². The zero-order valence-corrected chi connectivity index (χ0v) is 26.4. The molecule has 0 unspecified atom stereocenters. The van der Waals surface area contributed by atoms with Crippen molar-refractivity contribution in [2.24, 2.45) is 0 Å². The third kappa shape index (κ3) is 4.80. The Labute approximate surface area is 272 Å². The molecule has 0 bridgehead atoms. The number of benzene rings is 6. The maximum Gasteiger partial charge on any atom is 0.0543 e. The summed E-state index contributed by atoms with van der Waals surface area (Å²) < 4.78 is 0. The van der Waals surface area contributed by atoms with Gasteiger partial charge in [0.1, 0.15) is 0 Å². The van der Waals surface area contributed by atoms with Crippen molar-refractivity contribution < 1.29 is 0 Å². The number of hydrogen-bond acceptors (Lipinski definition) is 1. The van der Waals surface area contributed by atoms with Gasteiger partial charge in [0.15, 0.2) is 0 Å². The molecule has 0 N–H and O–H groups in total. The molecule has 0 saturated heterocycles. The zero-order chi connectivity index (χ0) is 31.1. The maximum absolute atomic E-state index is 2.49. The molecule has 0 saturated carbocycles. The highest BCUT2D eigenvalue weighted by atomic mass is 15.1. The van der Waals surface area contributed by atoms with Crippen molar-refractivity contribution in [1.82, 2.24) is 0 Å². The highest BCUT2D eigenvalue weighted by molar-refractivity contribution is 5.98. The summed E-state index contributed by atoms with van der Waals surface area (Å²) in [5.41, 5.74) is 16.3. The van der Waals surface area contributed by atoms with Gasteiger partial charge in [-0.3, -0.25) is 0 Å². The first-order valence-electron chi connectivity index (χ1n) is 16.3. The summed E-state index contributed by atoms with van der Waals surface area (Å²) in [6, 6.07) is 53.5. The van der Waals surface area contributed by atoms with E-state index >= 15 is 0 Å². The van der Waals surface area contributed by atoms with Gasteiger partial charge in [0.25, 0.3) is 0 Å². The molecule has 1 heteroatoms. The second kappa shape index (κ2) is 11.5. The highest BCUT2D eigenvalue weighted by Crippen LogP contribution is 2.55. The van der Waals surface area contributed by atoms with Gasteiger partial charge in [0.05, 0.1) is 11.4 Å². The summed E-state index contributed by atoms with van der Waals surface area (Å²) in [5, 5.41) is 0. The van der Waals surface area contributed by atoms with E-state index in [0.29, 0.717) is 0 Å². The fraction of sp³-hybridized carbons (Fsp3) is 0.111. The van der Waals surface area contributed by atoms with Crippen LogP contribution in [-0.2, 0) is 5.41 Å². The van der Waals surface area contributed by atoms with E-state index in [2.05, 4.69) is 183 Å². The SMILES string of the molecule is CC1(C)c2ccccc2-c2c(N(c3ccc(C4=CC=CCC4)cc3)c3ccc(-c4ccccc4)cc3-c3ccccc3)cccc21. The largest absolute Gasteiger partial charge is 0.309 e. The molecule has 2 aliphatic carbocycles. The Morgan fingerprint density at radius 3 is 1.93 bits per heavy atom. The lowest BCUT2D eigenvalue weighted by atomic mass is 9.82. The predicted molar refractivity (Wildman–Crippen MR) is 196 cm³/mol. The summed E-state index contributed by atoms with van der Waals surface area (Å²) >= 11 is 0. The number of rotatable bonds is 6. The predicted octanol–water partition coefficient (Wildman–Crippen LogP) is 12.5. The van der Waals surface area contributed by atoms with Gasteiger partial charge in [-0.15, -0.1) is 0 Å². The van der Waals surface area contributed by atoms with Crippen molar-refractivity contribution in [3.8, 4) is 33.4 Å². The number of fused-ring (bicyclic) bond motifs is 3. The van der Waals surface area contributed by atoms with Gasteiger partial charge in [-0.1, -0.05) is 147 Å². The Kier molecular flexibility index (Phi) is 7.03. The van der Waals surface area contributed by atoms with Crippen LogP contribution in [0.5, 0.6) is 0 Å². The minimum atomic E-state index is -0.0855. The molecule has 0 spiro atoms. The third-order valence-corrected chi connectivity index (χ3v) is 9.77. The molecule has 0 radical (unpaired) electrons. The van der Waals surface area contributed by atoms with Gasteiger partial charge in [0.2, 0.25) is 0 Å². The fourth-order valence-electron chi connectivity index (χ4n) is 7.39. The molecule has 0 atom stereocenters. The maximum atomic E-state index is 2.49. The Morgan fingerprint density at radius 1 is 0.522 bits per heavy atom. The smallest absolute Gasteiger partial charge is 0.0543 e. The second-order valence-electron chi connectivity index (χ2n) is 12.9. The van der Waals surface area contributed by atoms with Crippen LogP contribution in [0.2, 0.25) is 0 Å². The van der Waals surface area contributed by atoms with Crippen LogP contribution in [-0.4, -0.2) is 0 Å². The van der Waals surface area contributed by atoms with E-state index < -0.39 is 0 Å². The molecular formula is C45H37N. The topological polar surface area (TPSA) is 3.24 Å². The highest BCUT2D eigenvalue weighted by Gasteiger charge is 2.38. The van der Waals surface area contributed by atoms with Crippen molar-refractivity contribution in [1.29, 1.82) is 0 Å². The van der Waals surface area contributed by atoms with Crippen molar-refractivity contribution in [3.05, 3.63) is 181 Å². The quantitative estimate of drug-likeness (QED) is 0.186. The molecule has 0 fully saturated rings. The lowest BCUT2D eigenvalue weighted by Crippen LogP contribution is -2.16. The Hall–Kier alpha value is -5.40. The van der Waals surface area contributed by atoms with Gasteiger partial charge >= 0.3 is 0 Å². The molecular weight excluding hydrogens is 555 g/mol. The van der Waals surface area contributed by atoms with Gasteiger partial charge < -0.3 is 4.90 Å². The van der Waals surface area contributed by atoms with Crippen molar-refractivity contribution in [2.75, 3.05) is 4.90 Å². The molecule has 2 aliphatic rings. The molecule has 0 aliphatic heterocycles. The monoisotopic (exact) mass is 591 g/mol. The van der Waals surface area contributed by atoms with Gasteiger partial charge in [0, 0.05) is 22.2 Å². The average molecular weight is 592 g/mol. The number of allylic oxidation sites excluding steroid dienone is 4. The van der Waals surface area contributed by atoms with Crippen LogP contribution >= 0.6 is 0 Å². The summed E-state index contributed by atoms with van der Waals surface area (Å²) in [4.78, 5) is 2.49. The minimum absolute atomic E-state index is 0.0855.